The van der Waals surface area contributed by atoms with Crippen LogP contribution in [0.15, 0.2) is 42.5 Å². The van der Waals surface area contributed by atoms with Crippen molar-refractivity contribution in [3.63, 3.8) is 0 Å². The van der Waals surface area contributed by atoms with Gasteiger partial charge in [0.1, 0.15) is 0 Å². The Kier molecular flexibility index (Phi) is 3.99. The van der Waals surface area contributed by atoms with Crippen LogP contribution in [-0.2, 0) is 0 Å². The first-order valence-electron chi connectivity index (χ1n) is 9.00. The highest BCUT2D eigenvalue weighted by atomic mass is 31.2. The van der Waals surface area contributed by atoms with Gasteiger partial charge >= 0.3 is 0 Å². The Balaban J connectivity index is 1.80. The highest BCUT2D eigenvalue weighted by Gasteiger charge is 2.45. The van der Waals surface area contributed by atoms with Crippen molar-refractivity contribution in [2.24, 2.45) is 0 Å². The third-order valence-corrected chi connectivity index (χ3v) is 11.0. The minimum atomic E-state index is -1.27. The van der Waals surface area contributed by atoms with Crippen LogP contribution in [0.2, 0.25) is 0 Å². The first-order chi connectivity index (χ1) is 10.8. The van der Waals surface area contributed by atoms with Gasteiger partial charge < -0.3 is 0 Å². The van der Waals surface area contributed by atoms with E-state index >= 15 is 0 Å². The second-order valence-electron chi connectivity index (χ2n) is 7.34. The van der Waals surface area contributed by atoms with Crippen LogP contribution < -0.4 is 5.30 Å². The van der Waals surface area contributed by atoms with Crippen LogP contribution in [0.5, 0.6) is 0 Å². The quantitative estimate of drug-likeness (QED) is 0.470. The van der Waals surface area contributed by atoms with E-state index < -0.39 is 7.26 Å². The Morgan fingerprint density at radius 1 is 0.727 bits per heavy atom. The molecule has 0 unspecified atom stereocenters. The minimum Gasteiger partial charge on any atom is -0.174 e. The topological polar surface area (TPSA) is 0 Å². The summed E-state index contributed by atoms with van der Waals surface area (Å²) in [4.78, 5) is 0. The summed E-state index contributed by atoms with van der Waals surface area (Å²) >= 11 is 0. The van der Waals surface area contributed by atoms with Crippen molar-refractivity contribution in [2.75, 3.05) is 0 Å². The van der Waals surface area contributed by atoms with Crippen LogP contribution in [0.4, 0.5) is 0 Å². The molecule has 2 aliphatic rings. The van der Waals surface area contributed by atoms with Gasteiger partial charge in [-0.3, -0.25) is 0 Å². The van der Waals surface area contributed by atoms with Crippen LogP contribution in [0, 0.1) is 6.66 Å². The van der Waals surface area contributed by atoms with Crippen molar-refractivity contribution in [3.8, 4) is 0 Å². The summed E-state index contributed by atoms with van der Waals surface area (Å²) < 4.78 is 0. The predicted molar refractivity (Wildman–Crippen MR) is 100 cm³/mol. The van der Waals surface area contributed by atoms with Gasteiger partial charge in [0, 0.05) is 11.3 Å². The monoisotopic (exact) mass is 310 g/mol. The lowest BCUT2D eigenvalue weighted by molar-refractivity contribution is 0.824. The van der Waals surface area contributed by atoms with E-state index in [0.29, 0.717) is 0 Å². The van der Waals surface area contributed by atoms with Crippen LogP contribution >= 0.6 is 7.26 Å². The second-order valence-corrected chi connectivity index (χ2v) is 11.2. The zero-order chi connectivity index (χ0) is 15.0. The van der Waals surface area contributed by atoms with Crippen molar-refractivity contribution < 1.29 is 0 Å². The number of rotatable bonds is 3. The molecule has 2 aromatic carbocycles. The lowest BCUT2D eigenvalue weighted by atomic mass is 10.1. The zero-order valence-corrected chi connectivity index (χ0v) is 14.4. The molecule has 2 fully saturated rings. The smallest absolute Gasteiger partial charge is 0.0657 e. The number of hydrogen-bond donors (Lipinski definition) is 0. The largest absolute Gasteiger partial charge is 0.174 e. The normalized spacial score (nSPS) is 21.0. The molecule has 0 nitrogen and oxygen atoms in total. The molecule has 0 saturated heterocycles. The Hall–Kier alpha value is -0.870. The summed E-state index contributed by atoms with van der Waals surface area (Å²) in [6.07, 6.45) is 11.5. The first-order valence-corrected chi connectivity index (χ1v) is 11.1. The van der Waals surface area contributed by atoms with Crippen LogP contribution in [0.1, 0.15) is 51.4 Å². The molecule has 0 radical (unpaired) electrons. The first kappa shape index (κ1) is 14.7. The van der Waals surface area contributed by atoms with Gasteiger partial charge in [-0.1, -0.05) is 37.6 Å². The SMILES string of the molecule is [CH2-][P+](c1ccc2ccccc2c1)(C1CCCC1)C1CCCC1. The molecule has 0 bridgehead atoms. The van der Waals surface area contributed by atoms with Crippen molar-refractivity contribution in [3.05, 3.63) is 49.1 Å². The summed E-state index contributed by atoms with van der Waals surface area (Å²) in [5.74, 6) is 0. The predicted octanol–water partition coefficient (Wildman–Crippen LogP) is 6.16. The standard InChI is InChI=1S/C21H27P/c1-22(19-10-4-5-11-19,20-12-6-7-13-20)21-15-14-17-8-2-3-9-18(17)16-21/h2-3,8-9,14-16,19-20H,1,4-7,10-13H2. The summed E-state index contributed by atoms with van der Waals surface area (Å²) in [6, 6.07) is 16.1. The maximum Gasteiger partial charge on any atom is 0.0657 e. The Labute approximate surface area is 135 Å². The van der Waals surface area contributed by atoms with Crippen LogP contribution in [0.25, 0.3) is 10.8 Å². The molecule has 4 rings (SSSR count). The Morgan fingerprint density at radius 3 is 1.86 bits per heavy atom. The average molecular weight is 310 g/mol. The molecule has 2 aromatic rings. The minimum absolute atomic E-state index is 0.900. The number of hydrogen-bond acceptors (Lipinski definition) is 0. The van der Waals surface area contributed by atoms with Gasteiger partial charge in [0.25, 0.3) is 0 Å². The zero-order valence-electron chi connectivity index (χ0n) is 13.5. The van der Waals surface area contributed by atoms with Crippen molar-refractivity contribution in [1.29, 1.82) is 0 Å². The maximum atomic E-state index is 5.02. The van der Waals surface area contributed by atoms with Crippen LogP contribution in [0.3, 0.4) is 0 Å². The summed E-state index contributed by atoms with van der Waals surface area (Å²) in [7, 11) is -1.27. The summed E-state index contributed by atoms with van der Waals surface area (Å²) in [6.45, 7) is 5.02. The van der Waals surface area contributed by atoms with E-state index in [4.69, 9.17) is 6.66 Å². The van der Waals surface area contributed by atoms with Crippen molar-refractivity contribution >= 4 is 23.3 Å². The number of fused-ring (bicyclic) bond motifs is 1. The van der Waals surface area contributed by atoms with E-state index in [1.54, 1.807) is 5.30 Å². The molecule has 0 heterocycles. The molecule has 0 amide bonds. The van der Waals surface area contributed by atoms with E-state index in [2.05, 4.69) is 42.5 Å². The van der Waals surface area contributed by atoms with E-state index in [-0.39, 0.29) is 0 Å². The van der Waals surface area contributed by atoms with Gasteiger partial charge in [-0.15, -0.1) is 0 Å². The van der Waals surface area contributed by atoms with E-state index in [0.717, 1.165) is 11.3 Å². The van der Waals surface area contributed by atoms with Gasteiger partial charge in [-0.2, -0.15) is 6.66 Å². The molecule has 0 aromatic heterocycles. The molecule has 0 aliphatic heterocycles. The molecule has 2 saturated carbocycles. The molecule has 0 N–H and O–H groups in total. The third-order valence-electron chi connectivity index (χ3n) is 6.17. The van der Waals surface area contributed by atoms with Crippen molar-refractivity contribution in [1.82, 2.24) is 0 Å². The van der Waals surface area contributed by atoms with Crippen molar-refractivity contribution in [2.45, 2.75) is 62.7 Å². The second kappa shape index (κ2) is 5.97. The molecule has 0 spiro atoms. The molecule has 1 heteroatoms. The Bertz CT molecular complexity index is 632. The van der Waals surface area contributed by atoms with Gasteiger partial charge in [-0.05, 0) is 74.3 Å². The van der Waals surface area contributed by atoms with Gasteiger partial charge in [0.2, 0.25) is 0 Å². The van der Waals surface area contributed by atoms with E-state index in [1.165, 1.54) is 62.1 Å². The fraction of sp³-hybridized carbons (Fsp3) is 0.476. The maximum absolute atomic E-state index is 5.02. The number of benzene rings is 2. The molecule has 0 atom stereocenters. The lowest BCUT2D eigenvalue weighted by Crippen LogP contribution is -2.27. The fourth-order valence-electron chi connectivity index (χ4n) is 4.89. The highest BCUT2D eigenvalue weighted by molar-refractivity contribution is 7.85. The third kappa shape index (κ3) is 2.41. The van der Waals surface area contributed by atoms with Gasteiger partial charge in [-0.25, -0.2) is 0 Å². The van der Waals surface area contributed by atoms with Crippen LogP contribution in [-0.4, -0.2) is 11.3 Å². The molecular formula is C21H27P. The van der Waals surface area contributed by atoms with Gasteiger partial charge in [0.15, 0.2) is 0 Å². The Morgan fingerprint density at radius 2 is 1.27 bits per heavy atom. The molecule has 2 aliphatic carbocycles. The molecule has 116 valence electrons. The molecular weight excluding hydrogens is 283 g/mol. The average Bonchev–Trinajstić information content (AvgIpc) is 3.27. The van der Waals surface area contributed by atoms with E-state index in [1.807, 2.05) is 0 Å². The summed E-state index contributed by atoms with van der Waals surface area (Å²) in [5.41, 5.74) is 1.80. The molecule has 22 heavy (non-hydrogen) atoms. The lowest BCUT2D eigenvalue weighted by Gasteiger charge is -2.41. The highest BCUT2D eigenvalue weighted by Crippen LogP contribution is 2.71. The van der Waals surface area contributed by atoms with Gasteiger partial charge in [0.05, 0.1) is 5.30 Å². The fourth-order valence-corrected chi connectivity index (χ4v) is 9.63. The summed E-state index contributed by atoms with van der Waals surface area (Å²) in [5, 5.41) is 4.39. The van der Waals surface area contributed by atoms with E-state index in [9.17, 15) is 0 Å².